The normalized spacial score (nSPS) is 18.0. The van der Waals surface area contributed by atoms with Gasteiger partial charge in [0.1, 0.15) is 5.78 Å². The number of carbonyl (C=O) groups excluding carboxylic acids is 1. The van der Waals surface area contributed by atoms with Crippen LogP contribution in [0.5, 0.6) is 0 Å². The maximum atomic E-state index is 12.2. The number of carbonyl (C=O) groups is 1. The smallest absolute Gasteiger partial charge is 0.199 e. The van der Waals surface area contributed by atoms with Gasteiger partial charge >= 0.3 is 0 Å². The Morgan fingerprint density at radius 2 is 2.21 bits per heavy atom. The maximum absolute atomic E-state index is 12.2. The largest absolute Gasteiger partial charge is 0.461 e. The van der Waals surface area contributed by atoms with Gasteiger partial charge in [-0.25, -0.2) is 9.97 Å². The molecule has 7 heteroatoms. The first-order valence-electron chi connectivity index (χ1n) is 8.32. The summed E-state index contributed by atoms with van der Waals surface area (Å²) >= 11 is 0. The van der Waals surface area contributed by atoms with E-state index in [4.69, 9.17) is 4.42 Å². The van der Waals surface area contributed by atoms with Crippen molar-refractivity contribution in [1.29, 1.82) is 0 Å². The molecule has 122 valence electrons. The van der Waals surface area contributed by atoms with Gasteiger partial charge in [0.05, 0.1) is 12.0 Å². The van der Waals surface area contributed by atoms with Gasteiger partial charge in [-0.05, 0) is 25.0 Å². The Balaban J connectivity index is 1.61. The van der Waals surface area contributed by atoms with E-state index in [9.17, 15) is 4.79 Å². The SMILES string of the molecule is O=C(Cc1cc2nc(C3CNC3)nn2c(-c2ccco2)n1)C1CC1. The quantitative estimate of drug-likeness (QED) is 0.767. The van der Waals surface area contributed by atoms with Gasteiger partial charge in [-0.2, -0.15) is 4.52 Å². The first-order valence-corrected chi connectivity index (χ1v) is 8.32. The lowest BCUT2D eigenvalue weighted by Crippen LogP contribution is -2.40. The average molecular weight is 323 g/mol. The number of ketones is 1. The summed E-state index contributed by atoms with van der Waals surface area (Å²) in [4.78, 5) is 21.5. The van der Waals surface area contributed by atoms with Crippen LogP contribution < -0.4 is 5.32 Å². The Kier molecular flexibility index (Phi) is 3.02. The van der Waals surface area contributed by atoms with Gasteiger partial charge in [-0.1, -0.05) is 0 Å². The zero-order valence-electron chi connectivity index (χ0n) is 13.1. The van der Waals surface area contributed by atoms with Crippen LogP contribution in [-0.2, 0) is 11.2 Å². The Morgan fingerprint density at radius 1 is 1.33 bits per heavy atom. The summed E-state index contributed by atoms with van der Waals surface area (Å²) in [6, 6.07) is 5.54. The molecule has 1 aliphatic heterocycles. The molecule has 1 saturated carbocycles. The van der Waals surface area contributed by atoms with E-state index in [2.05, 4.69) is 20.4 Å². The molecule has 0 spiro atoms. The molecule has 0 radical (unpaired) electrons. The molecule has 0 atom stereocenters. The molecule has 1 N–H and O–H groups in total. The van der Waals surface area contributed by atoms with E-state index in [1.807, 2.05) is 18.2 Å². The number of aromatic nitrogens is 4. The van der Waals surface area contributed by atoms with Crippen LogP contribution in [0, 0.1) is 5.92 Å². The number of nitrogens with one attached hydrogen (secondary N) is 1. The second kappa shape index (κ2) is 5.24. The van der Waals surface area contributed by atoms with Crippen molar-refractivity contribution in [3.05, 3.63) is 36.0 Å². The molecule has 0 aromatic carbocycles. The van der Waals surface area contributed by atoms with Gasteiger partial charge < -0.3 is 9.73 Å². The Hall–Kier alpha value is -2.54. The van der Waals surface area contributed by atoms with Crippen molar-refractivity contribution >= 4 is 11.4 Å². The third kappa shape index (κ3) is 2.32. The third-order valence-electron chi connectivity index (χ3n) is 4.67. The molecule has 4 heterocycles. The van der Waals surface area contributed by atoms with Crippen LogP contribution in [-0.4, -0.2) is 38.5 Å². The predicted molar refractivity (Wildman–Crippen MR) is 85.5 cm³/mol. The fourth-order valence-corrected chi connectivity index (χ4v) is 2.98. The van der Waals surface area contributed by atoms with Gasteiger partial charge in [0.2, 0.25) is 0 Å². The van der Waals surface area contributed by atoms with E-state index >= 15 is 0 Å². The summed E-state index contributed by atoms with van der Waals surface area (Å²) in [6.07, 6.45) is 3.98. The zero-order chi connectivity index (χ0) is 16.1. The summed E-state index contributed by atoms with van der Waals surface area (Å²) < 4.78 is 7.23. The van der Waals surface area contributed by atoms with E-state index in [1.165, 1.54) is 0 Å². The molecule has 3 aromatic heterocycles. The first kappa shape index (κ1) is 13.9. The highest BCUT2D eigenvalue weighted by molar-refractivity contribution is 5.85. The van der Waals surface area contributed by atoms with Crippen LogP contribution in [0.25, 0.3) is 17.2 Å². The number of furan rings is 1. The second-order valence-corrected chi connectivity index (χ2v) is 6.56. The van der Waals surface area contributed by atoms with Crippen LogP contribution in [0.15, 0.2) is 28.9 Å². The average Bonchev–Trinajstić information content (AvgIpc) is 3.07. The molecule has 0 amide bonds. The third-order valence-corrected chi connectivity index (χ3v) is 4.67. The van der Waals surface area contributed by atoms with Gasteiger partial charge in [0, 0.05) is 37.4 Å². The summed E-state index contributed by atoms with van der Waals surface area (Å²) in [7, 11) is 0. The second-order valence-electron chi connectivity index (χ2n) is 6.56. The summed E-state index contributed by atoms with van der Waals surface area (Å²) in [5.41, 5.74) is 1.45. The lowest BCUT2D eigenvalue weighted by molar-refractivity contribution is -0.119. The maximum Gasteiger partial charge on any atom is 0.199 e. The Labute approximate surface area is 138 Å². The van der Waals surface area contributed by atoms with Gasteiger partial charge in [0.15, 0.2) is 23.1 Å². The zero-order valence-corrected chi connectivity index (χ0v) is 13.1. The summed E-state index contributed by atoms with van der Waals surface area (Å²) in [5.74, 6) is 2.87. The van der Waals surface area contributed by atoms with Crippen LogP contribution >= 0.6 is 0 Å². The first-order chi connectivity index (χ1) is 11.8. The highest BCUT2D eigenvalue weighted by Gasteiger charge is 2.30. The van der Waals surface area contributed by atoms with Crippen molar-refractivity contribution in [2.24, 2.45) is 5.92 Å². The van der Waals surface area contributed by atoms with Crippen molar-refractivity contribution < 1.29 is 9.21 Å². The topological polar surface area (TPSA) is 85.3 Å². The minimum absolute atomic E-state index is 0.226. The van der Waals surface area contributed by atoms with E-state index < -0.39 is 0 Å². The molecule has 0 bridgehead atoms. The van der Waals surface area contributed by atoms with Crippen LogP contribution in [0.2, 0.25) is 0 Å². The molecule has 2 aliphatic rings. The molecule has 1 saturated heterocycles. The molecule has 1 aliphatic carbocycles. The number of rotatable bonds is 5. The lowest BCUT2D eigenvalue weighted by atomic mass is 10.0. The van der Waals surface area contributed by atoms with Crippen LogP contribution in [0.3, 0.4) is 0 Å². The Bertz CT molecular complexity index is 907. The van der Waals surface area contributed by atoms with E-state index in [-0.39, 0.29) is 11.7 Å². The predicted octanol–water partition coefficient (Wildman–Crippen LogP) is 1.59. The van der Waals surface area contributed by atoms with Crippen molar-refractivity contribution in [2.75, 3.05) is 13.1 Å². The number of hydrogen-bond donors (Lipinski definition) is 1. The standard InChI is InChI=1S/C17H17N5O2/c23-13(10-3-4-10)6-12-7-15-20-16(11-8-18-9-11)21-22(15)17(19-12)14-2-1-5-24-14/h1-2,5,7,10-11,18H,3-4,6,8-9H2. The molecule has 3 aromatic rings. The number of Topliss-reactive ketones (excluding diaryl/α,β-unsaturated/α-hetero) is 1. The van der Waals surface area contributed by atoms with Gasteiger partial charge in [-0.15, -0.1) is 5.10 Å². The minimum atomic E-state index is 0.226. The van der Waals surface area contributed by atoms with Gasteiger partial charge in [-0.3, -0.25) is 4.79 Å². The number of hydrogen-bond acceptors (Lipinski definition) is 6. The van der Waals surface area contributed by atoms with Crippen LogP contribution in [0.1, 0.15) is 30.3 Å². The molecule has 5 rings (SSSR count). The lowest BCUT2D eigenvalue weighted by Gasteiger charge is -2.23. The highest BCUT2D eigenvalue weighted by Crippen LogP contribution is 2.31. The van der Waals surface area contributed by atoms with Crippen LogP contribution in [0.4, 0.5) is 0 Å². The van der Waals surface area contributed by atoms with E-state index in [1.54, 1.807) is 10.8 Å². The number of fused-ring (bicyclic) bond motifs is 1. The summed E-state index contributed by atoms with van der Waals surface area (Å²) in [6.45, 7) is 1.79. The monoisotopic (exact) mass is 323 g/mol. The van der Waals surface area contributed by atoms with Crippen molar-refractivity contribution in [1.82, 2.24) is 24.9 Å². The molecule has 24 heavy (non-hydrogen) atoms. The highest BCUT2D eigenvalue weighted by atomic mass is 16.3. The van der Waals surface area contributed by atoms with Crippen molar-refractivity contribution in [3.8, 4) is 11.6 Å². The van der Waals surface area contributed by atoms with Crippen molar-refractivity contribution in [2.45, 2.75) is 25.2 Å². The molecule has 2 fully saturated rings. The van der Waals surface area contributed by atoms with E-state index in [0.29, 0.717) is 23.9 Å². The van der Waals surface area contributed by atoms with Gasteiger partial charge in [0.25, 0.3) is 0 Å². The minimum Gasteiger partial charge on any atom is -0.461 e. The molecule has 7 nitrogen and oxygen atoms in total. The molecular weight excluding hydrogens is 306 g/mol. The van der Waals surface area contributed by atoms with Crippen molar-refractivity contribution in [3.63, 3.8) is 0 Å². The fraction of sp³-hybridized carbons (Fsp3) is 0.412. The Morgan fingerprint density at radius 3 is 2.88 bits per heavy atom. The van der Waals surface area contributed by atoms with E-state index in [0.717, 1.165) is 43.1 Å². The molecular formula is C17H17N5O2. The molecule has 0 unspecified atom stereocenters. The fourth-order valence-electron chi connectivity index (χ4n) is 2.98. The number of nitrogens with zero attached hydrogens (tertiary/aromatic N) is 4. The summed E-state index contributed by atoms with van der Waals surface area (Å²) in [5, 5.41) is 7.85.